The van der Waals surface area contributed by atoms with E-state index in [4.69, 9.17) is 16.3 Å². The van der Waals surface area contributed by atoms with Crippen LogP contribution in [0.5, 0.6) is 5.75 Å². The minimum Gasteiger partial charge on any atom is -0.497 e. The number of hydrogen-bond donors (Lipinski definition) is 1. The Morgan fingerprint density at radius 1 is 1.20 bits per heavy atom. The van der Waals surface area contributed by atoms with E-state index in [2.05, 4.69) is 36.5 Å². The molecule has 0 amide bonds. The van der Waals surface area contributed by atoms with Crippen molar-refractivity contribution in [2.24, 2.45) is 0 Å². The Labute approximate surface area is 124 Å². The smallest absolute Gasteiger partial charge is 0.119 e. The summed E-state index contributed by atoms with van der Waals surface area (Å²) in [5.74, 6) is 0.895. The summed E-state index contributed by atoms with van der Waals surface area (Å²) >= 11 is 6.06. The van der Waals surface area contributed by atoms with Gasteiger partial charge in [0.2, 0.25) is 0 Å². The number of halogens is 1. The van der Waals surface area contributed by atoms with Gasteiger partial charge < -0.3 is 10.1 Å². The topological polar surface area (TPSA) is 21.3 Å². The second kappa shape index (κ2) is 5.37. The van der Waals surface area contributed by atoms with Crippen LogP contribution in [0.1, 0.15) is 29.2 Å². The van der Waals surface area contributed by atoms with Gasteiger partial charge >= 0.3 is 0 Å². The van der Waals surface area contributed by atoms with E-state index in [1.807, 2.05) is 12.1 Å². The van der Waals surface area contributed by atoms with E-state index in [1.165, 1.54) is 22.4 Å². The summed E-state index contributed by atoms with van der Waals surface area (Å²) in [6, 6.07) is 12.7. The average molecular weight is 288 g/mol. The predicted molar refractivity (Wildman–Crippen MR) is 83.9 cm³/mol. The Balaban J connectivity index is 1.84. The van der Waals surface area contributed by atoms with Crippen LogP contribution >= 0.6 is 11.6 Å². The fraction of sp³-hybridized carbons (Fsp3) is 0.294. The van der Waals surface area contributed by atoms with Gasteiger partial charge in [-0.2, -0.15) is 0 Å². The first-order valence-electron chi connectivity index (χ1n) is 6.87. The molecule has 1 unspecified atom stereocenters. The molecule has 104 valence electrons. The van der Waals surface area contributed by atoms with Crippen LogP contribution in [0, 0.1) is 6.92 Å². The van der Waals surface area contributed by atoms with Crippen molar-refractivity contribution < 1.29 is 4.74 Å². The molecule has 20 heavy (non-hydrogen) atoms. The van der Waals surface area contributed by atoms with E-state index >= 15 is 0 Å². The zero-order chi connectivity index (χ0) is 14.1. The minimum absolute atomic E-state index is 0.370. The second-order valence-corrected chi connectivity index (χ2v) is 5.70. The molecule has 0 aromatic heterocycles. The molecule has 3 rings (SSSR count). The number of hydrogen-bond acceptors (Lipinski definition) is 2. The summed E-state index contributed by atoms with van der Waals surface area (Å²) in [5.41, 5.74) is 5.09. The lowest BCUT2D eigenvalue weighted by Crippen LogP contribution is -2.08. The summed E-state index contributed by atoms with van der Waals surface area (Å²) in [7, 11) is 1.69. The van der Waals surface area contributed by atoms with E-state index in [1.54, 1.807) is 7.11 Å². The number of ether oxygens (including phenoxy) is 1. The van der Waals surface area contributed by atoms with Crippen LogP contribution < -0.4 is 10.1 Å². The van der Waals surface area contributed by atoms with E-state index in [0.717, 1.165) is 23.6 Å². The lowest BCUT2D eigenvalue weighted by molar-refractivity contribution is 0.414. The summed E-state index contributed by atoms with van der Waals surface area (Å²) in [5, 5.41) is 4.46. The third-order valence-electron chi connectivity index (χ3n) is 3.95. The number of rotatable bonds is 3. The van der Waals surface area contributed by atoms with Crippen LogP contribution in [-0.4, -0.2) is 7.11 Å². The Bertz CT molecular complexity index is 639. The first-order valence-corrected chi connectivity index (χ1v) is 7.24. The molecule has 0 aliphatic heterocycles. The highest BCUT2D eigenvalue weighted by molar-refractivity contribution is 6.30. The van der Waals surface area contributed by atoms with Crippen molar-refractivity contribution in [2.75, 3.05) is 12.4 Å². The number of nitrogens with one attached hydrogen (secondary N) is 1. The minimum atomic E-state index is 0.370. The molecule has 0 saturated carbocycles. The average Bonchev–Trinajstić information content (AvgIpc) is 2.83. The van der Waals surface area contributed by atoms with Crippen LogP contribution in [0.25, 0.3) is 0 Å². The first-order chi connectivity index (χ1) is 9.67. The largest absolute Gasteiger partial charge is 0.497 e. The molecule has 1 N–H and O–H groups in total. The molecule has 0 fully saturated rings. The number of aryl methyl sites for hydroxylation is 2. The van der Waals surface area contributed by atoms with E-state index < -0.39 is 0 Å². The Hall–Kier alpha value is -1.67. The number of fused-ring (bicyclic) bond motifs is 1. The van der Waals surface area contributed by atoms with Gasteiger partial charge in [-0.1, -0.05) is 17.7 Å². The molecule has 1 atom stereocenters. The van der Waals surface area contributed by atoms with Gasteiger partial charge in [0.05, 0.1) is 13.2 Å². The maximum absolute atomic E-state index is 6.06. The van der Waals surface area contributed by atoms with Crippen molar-refractivity contribution in [3.05, 3.63) is 58.1 Å². The first kappa shape index (κ1) is 13.3. The molecule has 0 saturated heterocycles. The van der Waals surface area contributed by atoms with Gasteiger partial charge in [0.1, 0.15) is 5.75 Å². The zero-order valence-corrected chi connectivity index (χ0v) is 12.5. The Morgan fingerprint density at radius 2 is 2.05 bits per heavy atom. The van der Waals surface area contributed by atoms with Crippen molar-refractivity contribution in [3.63, 3.8) is 0 Å². The summed E-state index contributed by atoms with van der Waals surface area (Å²) in [4.78, 5) is 0. The van der Waals surface area contributed by atoms with Gasteiger partial charge in [0, 0.05) is 10.7 Å². The molecule has 2 aromatic rings. The molecule has 2 aromatic carbocycles. The molecular weight excluding hydrogens is 270 g/mol. The van der Waals surface area contributed by atoms with Gasteiger partial charge in [-0.05, 0) is 66.8 Å². The number of anilines is 1. The summed E-state index contributed by atoms with van der Waals surface area (Å²) in [6.07, 6.45) is 2.20. The molecule has 0 radical (unpaired) electrons. The van der Waals surface area contributed by atoms with Crippen molar-refractivity contribution in [2.45, 2.75) is 25.8 Å². The van der Waals surface area contributed by atoms with Gasteiger partial charge in [-0.3, -0.25) is 0 Å². The van der Waals surface area contributed by atoms with Gasteiger partial charge in [-0.15, -0.1) is 0 Å². The van der Waals surface area contributed by atoms with E-state index in [-0.39, 0.29) is 0 Å². The Morgan fingerprint density at radius 3 is 2.80 bits per heavy atom. The molecule has 3 heteroatoms. The zero-order valence-electron chi connectivity index (χ0n) is 11.7. The molecule has 1 aliphatic carbocycles. The highest BCUT2D eigenvalue weighted by Crippen LogP contribution is 2.36. The van der Waals surface area contributed by atoms with Crippen molar-refractivity contribution in [3.8, 4) is 5.75 Å². The molecule has 0 bridgehead atoms. The lowest BCUT2D eigenvalue weighted by atomic mass is 10.1. The molecule has 1 aliphatic rings. The molecule has 2 nitrogen and oxygen atoms in total. The predicted octanol–water partition coefficient (Wildman–Crippen LogP) is 4.76. The monoisotopic (exact) mass is 287 g/mol. The summed E-state index contributed by atoms with van der Waals surface area (Å²) in [6.45, 7) is 2.10. The van der Waals surface area contributed by atoms with Crippen molar-refractivity contribution in [1.29, 1.82) is 0 Å². The quantitative estimate of drug-likeness (QED) is 0.879. The van der Waals surface area contributed by atoms with Gasteiger partial charge in [-0.25, -0.2) is 0 Å². The van der Waals surface area contributed by atoms with Crippen LogP contribution in [-0.2, 0) is 6.42 Å². The maximum Gasteiger partial charge on any atom is 0.119 e. The van der Waals surface area contributed by atoms with Gasteiger partial charge in [0.15, 0.2) is 0 Å². The second-order valence-electron chi connectivity index (χ2n) is 5.26. The SMILES string of the molecule is COc1ccc(NC2CCc3cc(Cl)ccc32)c(C)c1. The lowest BCUT2D eigenvalue weighted by Gasteiger charge is -2.18. The van der Waals surface area contributed by atoms with Crippen molar-refractivity contribution in [1.82, 2.24) is 0 Å². The third-order valence-corrected chi connectivity index (χ3v) is 4.18. The number of benzene rings is 2. The Kier molecular flexibility index (Phi) is 3.58. The van der Waals surface area contributed by atoms with E-state index in [0.29, 0.717) is 6.04 Å². The third kappa shape index (κ3) is 2.48. The van der Waals surface area contributed by atoms with Crippen LogP contribution in [0.2, 0.25) is 5.02 Å². The fourth-order valence-electron chi connectivity index (χ4n) is 2.85. The van der Waals surface area contributed by atoms with Crippen LogP contribution in [0.15, 0.2) is 36.4 Å². The summed E-state index contributed by atoms with van der Waals surface area (Å²) < 4.78 is 5.25. The van der Waals surface area contributed by atoms with Crippen molar-refractivity contribution >= 4 is 17.3 Å². The molecule has 0 spiro atoms. The highest BCUT2D eigenvalue weighted by atomic mass is 35.5. The van der Waals surface area contributed by atoms with E-state index in [9.17, 15) is 0 Å². The molecular formula is C17H18ClNO. The number of methoxy groups -OCH3 is 1. The fourth-order valence-corrected chi connectivity index (χ4v) is 3.04. The normalized spacial score (nSPS) is 16.9. The molecule has 0 heterocycles. The highest BCUT2D eigenvalue weighted by Gasteiger charge is 2.22. The van der Waals surface area contributed by atoms with Crippen LogP contribution in [0.4, 0.5) is 5.69 Å². The standard InChI is InChI=1S/C17H18ClNO/c1-11-9-14(20-2)5-8-16(11)19-17-7-3-12-10-13(18)4-6-15(12)17/h4-6,8-10,17,19H,3,7H2,1-2H3. The van der Waals surface area contributed by atoms with Crippen LogP contribution in [0.3, 0.4) is 0 Å². The maximum atomic E-state index is 6.06. The van der Waals surface area contributed by atoms with Gasteiger partial charge in [0.25, 0.3) is 0 Å².